The van der Waals surface area contributed by atoms with Gasteiger partial charge in [-0.2, -0.15) is 17.5 Å². The topological polar surface area (TPSA) is 59.5 Å². The van der Waals surface area contributed by atoms with Crippen LogP contribution >= 0.6 is 0 Å². The Kier molecular flexibility index (Phi) is 4.94. The van der Waals surface area contributed by atoms with E-state index in [1.54, 1.807) is 24.3 Å². The Labute approximate surface area is 149 Å². The van der Waals surface area contributed by atoms with Crippen LogP contribution in [0.2, 0.25) is 0 Å². The van der Waals surface area contributed by atoms with Crippen molar-refractivity contribution in [2.24, 2.45) is 0 Å². The SMILES string of the molecule is CCc1ccc(S(=O)(=O)N2CC(Oc3cc(C(F)(F)F)ccn3)C2)cc1. The maximum Gasteiger partial charge on any atom is 0.416 e. The van der Waals surface area contributed by atoms with Gasteiger partial charge in [0.25, 0.3) is 0 Å². The summed E-state index contributed by atoms with van der Waals surface area (Å²) in [5.74, 6) is -0.172. The van der Waals surface area contributed by atoms with E-state index in [4.69, 9.17) is 4.74 Å². The van der Waals surface area contributed by atoms with Crippen molar-refractivity contribution in [3.05, 3.63) is 53.7 Å². The molecule has 140 valence electrons. The van der Waals surface area contributed by atoms with Crippen LogP contribution < -0.4 is 4.74 Å². The lowest BCUT2D eigenvalue weighted by Crippen LogP contribution is -2.56. The number of pyridine rings is 1. The second kappa shape index (κ2) is 6.88. The van der Waals surface area contributed by atoms with Crippen molar-refractivity contribution in [3.8, 4) is 5.88 Å². The van der Waals surface area contributed by atoms with Crippen molar-refractivity contribution in [1.29, 1.82) is 0 Å². The summed E-state index contributed by atoms with van der Waals surface area (Å²) in [5, 5.41) is 0. The molecule has 0 N–H and O–H groups in total. The first kappa shape index (κ1) is 18.7. The van der Waals surface area contributed by atoms with Gasteiger partial charge in [-0.25, -0.2) is 13.4 Å². The molecule has 1 fully saturated rings. The molecule has 9 heteroatoms. The standard InChI is InChI=1S/C17H17F3N2O3S/c1-2-12-3-5-15(6-4-12)26(23,24)22-10-14(11-22)25-16-9-13(7-8-21-16)17(18,19)20/h3-9,14H,2,10-11H2,1H3. The number of alkyl halides is 3. The van der Waals surface area contributed by atoms with E-state index in [0.29, 0.717) is 0 Å². The van der Waals surface area contributed by atoms with Crippen LogP contribution in [-0.2, 0) is 22.6 Å². The zero-order valence-corrected chi connectivity index (χ0v) is 14.7. The van der Waals surface area contributed by atoms with Crippen molar-refractivity contribution in [1.82, 2.24) is 9.29 Å². The molecule has 1 aromatic carbocycles. The second-order valence-electron chi connectivity index (χ2n) is 5.94. The van der Waals surface area contributed by atoms with Crippen molar-refractivity contribution < 1.29 is 26.3 Å². The van der Waals surface area contributed by atoms with Gasteiger partial charge in [-0.05, 0) is 30.2 Å². The smallest absolute Gasteiger partial charge is 0.416 e. The molecular formula is C17H17F3N2O3S. The largest absolute Gasteiger partial charge is 0.472 e. The fourth-order valence-corrected chi connectivity index (χ4v) is 4.04. The lowest BCUT2D eigenvalue weighted by atomic mass is 10.2. The molecule has 0 unspecified atom stereocenters. The van der Waals surface area contributed by atoms with Crippen molar-refractivity contribution in [3.63, 3.8) is 0 Å². The molecule has 0 atom stereocenters. The molecule has 0 amide bonds. The lowest BCUT2D eigenvalue weighted by Gasteiger charge is -2.37. The van der Waals surface area contributed by atoms with E-state index in [2.05, 4.69) is 4.98 Å². The van der Waals surface area contributed by atoms with Crippen molar-refractivity contribution in [2.45, 2.75) is 30.5 Å². The van der Waals surface area contributed by atoms with Crippen LogP contribution in [0.3, 0.4) is 0 Å². The van der Waals surface area contributed by atoms with Gasteiger partial charge < -0.3 is 4.74 Å². The van der Waals surface area contributed by atoms with E-state index in [-0.39, 0.29) is 23.9 Å². The average molecular weight is 386 g/mol. The van der Waals surface area contributed by atoms with Crippen LogP contribution in [0.5, 0.6) is 5.88 Å². The third-order valence-electron chi connectivity index (χ3n) is 4.13. The van der Waals surface area contributed by atoms with Gasteiger partial charge in [-0.3, -0.25) is 0 Å². The molecule has 0 aliphatic carbocycles. The van der Waals surface area contributed by atoms with Crippen LogP contribution in [0.1, 0.15) is 18.1 Å². The Bertz CT molecular complexity index is 877. The molecule has 2 aromatic rings. The van der Waals surface area contributed by atoms with Gasteiger partial charge in [-0.15, -0.1) is 0 Å². The van der Waals surface area contributed by atoms with Gasteiger partial charge in [0.1, 0.15) is 6.10 Å². The van der Waals surface area contributed by atoms with Crippen molar-refractivity contribution >= 4 is 10.0 Å². The third kappa shape index (κ3) is 3.83. The predicted octanol–water partition coefficient (Wildman–Crippen LogP) is 3.11. The number of hydrogen-bond donors (Lipinski definition) is 0. The monoisotopic (exact) mass is 386 g/mol. The molecule has 0 radical (unpaired) electrons. The number of hydrogen-bond acceptors (Lipinski definition) is 4. The quantitative estimate of drug-likeness (QED) is 0.792. The third-order valence-corrected chi connectivity index (χ3v) is 5.98. The first-order valence-electron chi connectivity index (χ1n) is 7.99. The summed E-state index contributed by atoms with van der Waals surface area (Å²) in [4.78, 5) is 3.93. The maximum absolute atomic E-state index is 12.7. The highest BCUT2D eigenvalue weighted by atomic mass is 32.2. The van der Waals surface area contributed by atoms with Gasteiger partial charge >= 0.3 is 6.18 Å². The zero-order valence-electron chi connectivity index (χ0n) is 13.9. The molecule has 26 heavy (non-hydrogen) atoms. The number of aryl methyl sites for hydroxylation is 1. The summed E-state index contributed by atoms with van der Waals surface area (Å²) < 4.78 is 69.7. The molecule has 0 bridgehead atoms. The Morgan fingerprint density at radius 3 is 2.42 bits per heavy atom. The highest BCUT2D eigenvalue weighted by Gasteiger charge is 2.38. The second-order valence-corrected chi connectivity index (χ2v) is 7.88. The lowest BCUT2D eigenvalue weighted by molar-refractivity contribution is -0.137. The summed E-state index contributed by atoms with van der Waals surface area (Å²) >= 11 is 0. The number of benzene rings is 1. The predicted molar refractivity (Wildman–Crippen MR) is 88.2 cm³/mol. The van der Waals surface area contributed by atoms with E-state index in [0.717, 1.165) is 30.3 Å². The molecule has 5 nitrogen and oxygen atoms in total. The summed E-state index contributed by atoms with van der Waals surface area (Å²) in [6, 6.07) is 8.28. The van der Waals surface area contributed by atoms with Crippen LogP contribution in [0.25, 0.3) is 0 Å². The Balaban J connectivity index is 1.63. The Morgan fingerprint density at radius 2 is 1.85 bits per heavy atom. The van der Waals surface area contributed by atoms with Crippen LogP contribution in [0.15, 0.2) is 47.5 Å². The number of sulfonamides is 1. The van der Waals surface area contributed by atoms with E-state index < -0.39 is 27.9 Å². The first-order chi connectivity index (χ1) is 12.2. The van der Waals surface area contributed by atoms with Gasteiger partial charge in [-0.1, -0.05) is 19.1 Å². The molecule has 1 aromatic heterocycles. The fraction of sp³-hybridized carbons (Fsp3) is 0.353. The van der Waals surface area contributed by atoms with E-state index in [9.17, 15) is 21.6 Å². The minimum absolute atomic E-state index is 0.0653. The minimum atomic E-state index is -4.49. The minimum Gasteiger partial charge on any atom is -0.472 e. The van der Waals surface area contributed by atoms with E-state index in [1.807, 2.05) is 6.92 Å². The van der Waals surface area contributed by atoms with E-state index in [1.165, 1.54) is 4.31 Å². The van der Waals surface area contributed by atoms with Crippen LogP contribution in [0, 0.1) is 0 Å². The molecule has 1 saturated heterocycles. The number of nitrogens with zero attached hydrogens (tertiary/aromatic N) is 2. The highest BCUT2D eigenvalue weighted by Crippen LogP contribution is 2.31. The molecule has 1 aliphatic rings. The number of rotatable bonds is 5. The van der Waals surface area contributed by atoms with Crippen LogP contribution in [0.4, 0.5) is 13.2 Å². The fourth-order valence-electron chi connectivity index (χ4n) is 2.54. The number of halogens is 3. The summed E-state index contributed by atoms with van der Waals surface area (Å²) in [6.45, 7) is 2.11. The zero-order chi connectivity index (χ0) is 18.9. The van der Waals surface area contributed by atoms with E-state index >= 15 is 0 Å². The molecule has 0 spiro atoms. The van der Waals surface area contributed by atoms with Crippen molar-refractivity contribution in [2.75, 3.05) is 13.1 Å². The number of ether oxygens (including phenoxy) is 1. The Morgan fingerprint density at radius 1 is 1.19 bits per heavy atom. The molecule has 0 saturated carbocycles. The van der Waals surface area contributed by atoms with Crippen LogP contribution in [-0.4, -0.2) is 36.9 Å². The maximum atomic E-state index is 12.7. The van der Waals surface area contributed by atoms with Gasteiger partial charge in [0, 0.05) is 12.3 Å². The molecule has 1 aliphatic heterocycles. The molecule has 3 rings (SSSR count). The van der Waals surface area contributed by atoms with Gasteiger partial charge in [0.15, 0.2) is 0 Å². The first-order valence-corrected chi connectivity index (χ1v) is 9.43. The highest BCUT2D eigenvalue weighted by molar-refractivity contribution is 7.89. The Hall–Kier alpha value is -2.13. The molecule has 2 heterocycles. The molecular weight excluding hydrogens is 369 g/mol. The number of aromatic nitrogens is 1. The van der Waals surface area contributed by atoms with Gasteiger partial charge in [0.05, 0.1) is 23.5 Å². The summed E-state index contributed by atoms with van der Waals surface area (Å²) in [6.07, 6.45) is -3.19. The summed E-state index contributed by atoms with van der Waals surface area (Å²) in [7, 11) is -3.63. The van der Waals surface area contributed by atoms with Gasteiger partial charge in [0.2, 0.25) is 15.9 Å². The summed E-state index contributed by atoms with van der Waals surface area (Å²) in [5.41, 5.74) is 0.173. The average Bonchev–Trinajstić information content (AvgIpc) is 2.57. The normalized spacial score (nSPS) is 16.3.